The highest BCUT2D eigenvalue weighted by Gasteiger charge is 2.28. The van der Waals surface area contributed by atoms with Gasteiger partial charge in [0.05, 0.1) is 5.69 Å². The molecule has 8 heteroatoms. The lowest BCUT2D eigenvalue weighted by Crippen LogP contribution is -2.21. The summed E-state index contributed by atoms with van der Waals surface area (Å²) in [5, 5.41) is 14.9. The molecule has 0 saturated heterocycles. The lowest BCUT2D eigenvalue weighted by molar-refractivity contribution is 0.0819. The van der Waals surface area contributed by atoms with Gasteiger partial charge >= 0.3 is 0 Å². The Morgan fingerprint density at radius 1 is 1.55 bits per heavy atom. The van der Waals surface area contributed by atoms with Crippen molar-refractivity contribution in [2.75, 3.05) is 0 Å². The molecule has 0 spiro atoms. The van der Waals surface area contributed by atoms with Gasteiger partial charge in [0.25, 0.3) is 0 Å². The van der Waals surface area contributed by atoms with Gasteiger partial charge in [-0.25, -0.2) is 17.9 Å². The second-order valence-corrected chi connectivity index (χ2v) is 6.87. The molecule has 0 radical (unpaired) electrons. The van der Waals surface area contributed by atoms with Crippen LogP contribution in [0.25, 0.3) is 0 Å². The van der Waals surface area contributed by atoms with Crippen molar-refractivity contribution in [3.63, 3.8) is 0 Å². The van der Waals surface area contributed by atoms with Crippen molar-refractivity contribution in [1.29, 1.82) is 0 Å². The Morgan fingerprint density at radius 3 is 2.60 bits per heavy atom. The topological polar surface area (TPSA) is 93.3 Å². The number of unbranched alkanes of at least 4 members (excludes halogenated alkanes) is 1. The fourth-order valence-corrected chi connectivity index (χ4v) is 3.79. The Labute approximate surface area is 126 Å². The summed E-state index contributed by atoms with van der Waals surface area (Å²) >= 11 is 3.18. The molecule has 5 nitrogen and oxygen atoms in total. The van der Waals surface area contributed by atoms with Crippen LogP contribution >= 0.6 is 15.9 Å². The standard InChI is InChI=1S/C12H18BrFN2O3S/c1-3-4-5-8-6-16-10(11(17)7(2)14)12(9(8)13)20(15,18)19/h6-7,11,17H,3-5H2,1-2H3,(H2,15,18,19). The van der Waals surface area contributed by atoms with E-state index in [1.54, 1.807) is 0 Å². The molecule has 1 heterocycles. The summed E-state index contributed by atoms with van der Waals surface area (Å²) in [7, 11) is -4.13. The van der Waals surface area contributed by atoms with Crippen molar-refractivity contribution in [3.05, 3.63) is 21.9 Å². The molecule has 2 unspecified atom stereocenters. The van der Waals surface area contributed by atoms with Gasteiger partial charge in [-0.1, -0.05) is 13.3 Å². The molecule has 2 atom stereocenters. The summed E-state index contributed by atoms with van der Waals surface area (Å²) in [6, 6.07) is 0. The Bertz CT molecular complexity index is 578. The second-order valence-electron chi connectivity index (χ2n) is 4.58. The van der Waals surface area contributed by atoms with E-state index in [0.29, 0.717) is 12.0 Å². The van der Waals surface area contributed by atoms with Crippen LogP contribution in [0.4, 0.5) is 4.39 Å². The maximum absolute atomic E-state index is 13.2. The van der Waals surface area contributed by atoms with Gasteiger partial charge in [0.15, 0.2) is 0 Å². The molecule has 1 aromatic rings. The molecule has 114 valence electrons. The van der Waals surface area contributed by atoms with E-state index in [-0.39, 0.29) is 15.1 Å². The minimum Gasteiger partial charge on any atom is -0.384 e. The summed E-state index contributed by atoms with van der Waals surface area (Å²) in [6.07, 6.45) is 0.550. The normalized spacial score (nSPS) is 15.1. The van der Waals surface area contributed by atoms with E-state index in [2.05, 4.69) is 20.9 Å². The Balaban J connectivity index is 3.45. The average Bonchev–Trinajstić information content (AvgIpc) is 2.34. The number of aliphatic hydroxyl groups is 1. The zero-order valence-electron chi connectivity index (χ0n) is 11.3. The van der Waals surface area contributed by atoms with Crippen LogP contribution in [0.15, 0.2) is 15.6 Å². The van der Waals surface area contributed by atoms with Gasteiger partial charge in [0.1, 0.15) is 17.2 Å². The van der Waals surface area contributed by atoms with Crippen molar-refractivity contribution in [2.45, 2.75) is 50.3 Å². The van der Waals surface area contributed by atoms with E-state index in [9.17, 15) is 17.9 Å². The number of primary sulfonamides is 1. The number of halogens is 2. The molecule has 1 rings (SSSR count). The molecular formula is C12H18BrFN2O3S. The van der Waals surface area contributed by atoms with E-state index < -0.39 is 22.3 Å². The third-order valence-electron chi connectivity index (χ3n) is 2.87. The first-order valence-corrected chi connectivity index (χ1v) is 8.56. The first-order valence-electron chi connectivity index (χ1n) is 6.22. The van der Waals surface area contributed by atoms with Gasteiger partial charge in [-0.05, 0) is 41.3 Å². The van der Waals surface area contributed by atoms with E-state index >= 15 is 0 Å². The molecule has 20 heavy (non-hydrogen) atoms. The number of nitrogens with two attached hydrogens (primary N) is 1. The van der Waals surface area contributed by atoms with Gasteiger partial charge < -0.3 is 5.11 Å². The van der Waals surface area contributed by atoms with Crippen LogP contribution in [0.5, 0.6) is 0 Å². The zero-order valence-corrected chi connectivity index (χ0v) is 13.7. The summed E-state index contributed by atoms with van der Waals surface area (Å²) in [5.41, 5.74) is 0.396. The molecule has 0 amide bonds. The van der Waals surface area contributed by atoms with Crippen LogP contribution in [0.3, 0.4) is 0 Å². The number of pyridine rings is 1. The third kappa shape index (κ3) is 3.97. The third-order valence-corrected chi connectivity index (χ3v) is 5.02. The van der Waals surface area contributed by atoms with Crippen molar-refractivity contribution >= 4 is 26.0 Å². The van der Waals surface area contributed by atoms with E-state index in [0.717, 1.165) is 19.8 Å². The molecule has 0 fully saturated rings. The Morgan fingerprint density at radius 2 is 2.15 bits per heavy atom. The van der Waals surface area contributed by atoms with Crippen molar-refractivity contribution in [1.82, 2.24) is 4.98 Å². The predicted octanol–water partition coefficient (Wildman–Crippen LogP) is 2.23. The summed E-state index contributed by atoms with van der Waals surface area (Å²) in [5.74, 6) is 0. The van der Waals surface area contributed by atoms with Gasteiger partial charge in [0.2, 0.25) is 10.0 Å². The predicted molar refractivity (Wildman–Crippen MR) is 77.5 cm³/mol. The molecule has 1 aromatic heterocycles. The van der Waals surface area contributed by atoms with E-state index in [4.69, 9.17) is 5.14 Å². The fraction of sp³-hybridized carbons (Fsp3) is 0.583. The van der Waals surface area contributed by atoms with Crippen LogP contribution in [0, 0.1) is 0 Å². The largest absolute Gasteiger partial charge is 0.384 e. The Hall–Kier alpha value is -0.570. The second kappa shape index (κ2) is 6.93. The first kappa shape index (κ1) is 17.5. The molecule has 0 bridgehead atoms. The van der Waals surface area contributed by atoms with E-state index in [1.165, 1.54) is 6.20 Å². The number of aromatic nitrogens is 1. The molecule has 0 aliphatic carbocycles. The summed E-state index contributed by atoms with van der Waals surface area (Å²) in [4.78, 5) is 3.56. The number of nitrogens with zero attached hydrogens (tertiary/aromatic N) is 1. The van der Waals surface area contributed by atoms with Gasteiger partial charge in [-0.3, -0.25) is 4.98 Å². The number of alkyl halides is 1. The maximum atomic E-state index is 13.2. The highest BCUT2D eigenvalue weighted by Crippen LogP contribution is 2.32. The molecule has 0 aliphatic rings. The number of aryl methyl sites for hydroxylation is 1. The molecular weight excluding hydrogens is 351 g/mol. The molecule has 0 aliphatic heterocycles. The number of hydrogen-bond acceptors (Lipinski definition) is 4. The number of aliphatic hydroxyl groups excluding tert-OH is 1. The fourth-order valence-electron chi connectivity index (χ4n) is 1.76. The van der Waals surface area contributed by atoms with Crippen LogP contribution in [0.2, 0.25) is 0 Å². The summed E-state index contributed by atoms with van der Waals surface area (Å²) < 4.78 is 36.9. The minimum atomic E-state index is -4.13. The summed E-state index contributed by atoms with van der Waals surface area (Å²) in [6.45, 7) is 3.13. The lowest BCUT2D eigenvalue weighted by Gasteiger charge is -2.17. The highest BCUT2D eigenvalue weighted by atomic mass is 79.9. The molecule has 3 N–H and O–H groups in total. The number of rotatable bonds is 6. The number of sulfonamides is 1. The van der Waals surface area contributed by atoms with Crippen molar-refractivity contribution in [2.24, 2.45) is 5.14 Å². The first-order chi connectivity index (χ1) is 9.20. The maximum Gasteiger partial charge on any atom is 0.241 e. The van der Waals surface area contributed by atoms with Crippen LogP contribution < -0.4 is 5.14 Å². The average molecular weight is 369 g/mol. The van der Waals surface area contributed by atoms with E-state index in [1.807, 2.05) is 6.92 Å². The van der Waals surface area contributed by atoms with Crippen LogP contribution in [-0.4, -0.2) is 24.7 Å². The quantitative estimate of drug-likeness (QED) is 0.804. The smallest absolute Gasteiger partial charge is 0.241 e. The van der Waals surface area contributed by atoms with Gasteiger partial charge in [-0.2, -0.15) is 0 Å². The van der Waals surface area contributed by atoms with Crippen molar-refractivity contribution < 1.29 is 17.9 Å². The number of hydrogen-bond donors (Lipinski definition) is 2. The monoisotopic (exact) mass is 368 g/mol. The minimum absolute atomic E-state index is 0.248. The molecule has 0 aromatic carbocycles. The van der Waals surface area contributed by atoms with Gasteiger partial charge in [-0.15, -0.1) is 0 Å². The van der Waals surface area contributed by atoms with Crippen molar-refractivity contribution in [3.8, 4) is 0 Å². The lowest BCUT2D eigenvalue weighted by atomic mass is 10.1. The zero-order chi connectivity index (χ0) is 15.5. The Kier molecular flexibility index (Phi) is 6.06. The molecule has 0 saturated carbocycles. The van der Waals surface area contributed by atoms with Gasteiger partial charge in [0, 0.05) is 10.7 Å². The SMILES string of the molecule is CCCCc1cnc(C(O)C(C)F)c(S(N)(=O)=O)c1Br. The van der Waals surface area contributed by atoms with Crippen LogP contribution in [-0.2, 0) is 16.4 Å². The van der Waals surface area contributed by atoms with Crippen LogP contribution in [0.1, 0.15) is 44.1 Å². The highest BCUT2D eigenvalue weighted by molar-refractivity contribution is 9.10.